The van der Waals surface area contributed by atoms with Gasteiger partial charge in [0.05, 0.1) is 77.1 Å². The van der Waals surface area contributed by atoms with Crippen LogP contribution in [-0.4, -0.2) is 84.9 Å². The van der Waals surface area contributed by atoms with E-state index in [9.17, 15) is 0 Å². The maximum absolute atomic E-state index is 6.86. The molecule has 106 heavy (non-hydrogen) atoms. The Hall–Kier alpha value is -13.9. The molecule has 0 unspecified atom stereocenters. The smallest absolute Gasteiger partial charge is 0.148 e. The van der Waals surface area contributed by atoms with Crippen LogP contribution in [-0.2, 0) is 65.6 Å². The zero-order valence-electron chi connectivity index (χ0n) is 57.7. The van der Waals surface area contributed by atoms with Gasteiger partial charge in [-0.1, -0.05) is 184 Å². The Balaban J connectivity index is 0.604. The van der Waals surface area contributed by atoms with E-state index in [1.165, 1.54) is 43.1 Å². The maximum Gasteiger partial charge on any atom is 0.148 e. The molecule has 0 aliphatic carbocycles. The van der Waals surface area contributed by atoms with Crippen LogP contribution in [0.3, 0.4) is 0 Å². The lowest BCUT2D eigenvalue weighted by Crippen LogP contribution is -2.07. The third-order valence-electron chi connectivity index (χ3n) is 19.9. The van der Waals surface area contributed by atoms with Crippen LogP contribution in [0.4, 0.5) is 0 Å². The molecule has 514 valence electrons. The summed E-state index contributed by atoms with van der Waals surface area (Å²) in [5, 5.41) is 47.2. The summed E-state index contributed by atoms with van der Waals surface area (Å²) in [6, 6.07) is 86.7. The number of hydrogen-bond acceptors (Lipinski definition) is 11. The largest absolute Gasteiger partial charge is 0.489 e. The van der Waals surface area contributed by atoms with Crippen molar-refractivity contribution >= 4 is 87.2 Å². The molecule has 19 nitrogen and oxygen atoms in total. The summed E-state index contributed by atoms with van der Waals surface area (Å²) in [5.74, 6) is 4.57. The first-order valence-electron chi connectivity index (χ1n) is 35.5. The normalized spacial score (nSPS) is 11.8. The first kappa shape index (κ1) is 63.1. The Bertz CT molecular complexity index is 5620. The second-order valence-corrected chi connectivity index (χ2v) is 27.1. The molecule has 0 aliphatic heterocycles. The number of fused-ring (bicyclic) bond motifs is 12. The van der Waals surface area contributed by atoms with Gasteiger partial charge in [-0.3, -0.25) is 0 Å². The summed E-state index contributed by atoms with van der Waals surface area (Å²) in [5.41, 5.74) is 18.2. The molecule has 0 spiro atoms. The zero-order chi connectivity index (χ0) is 70.4. The molecule has 0 N–H and O–H groups in total. The van der Waals surface area contributed by atoms with Crippen molar-refractivity contribution < 1.29 is 14.2 Å². The quantitative estimate of drug-likeness (QED) is 0.0528. The average Bonchev–Trinajstić information content (AvgIpc) is 1.63. The predicted octanol–water partition coefficient (Wildman–Crippen LogP) is 16.0. The topological polar surface area (TPSA) is 170 Å². The van der Waals surface area contributed by atoms with Crippen LogP contribution in [0, 0.1) is 12.3 Å². The Morgan fingerprint density at radius 2 is 0.472 bits per heavy atom. The molecule has 0 saturated carbocycles. The van der Waals surface area contributed by atoms with E-state index in [2.05, 4.69) is 282 Å². The van der Waals surface area contributed by atoms with Crippen molar-refractivity contribution in [2.24, 2.45) is 0 Å². The number of nitrogens with zero attached hydrogens (tertiary/aromatic N) is 16. The summed E-state index contributed by atoms with van der Waals surface area (Å²) in [7, 11) is 0. The molecule has 11 aromatic carbocycles. The summed E-state index contributed by atoms with van der Waals surface area (Å²) in [6.45, 7) is 4.48. The monoisotopic (exact) mass is 1380 g/mol. The Morgan fingerprint density at radius 1 is 0.255 bits per heavy atom. The third-order valence-corrected chi connectivity index (χ3v) is 19.9. The average molecular weight is 1390 g/mol. The summed E-state index contributed by atoms with van der Waals surface area (Å²) < 4.78 is 36.7. The second-order valence-electron chi connectivity index (χ2n) is 27.1. The summed E-state index contributed by atoms with van der Waals surface area (Å²) in [6.07, 6.45) is 13.9. The zero-order valence-corrected chi connectivity index (χ0v) is 57.7. The molecule has 8 heterocycles. The highest BCUT2D eigenvalue weighted by atomic mass is 16.5. The predicted molar refractivity (Wildman–Crippen MR) is 413 cm³/mol. The lowest BCUT2D eigenvalue weighted by molar-refractivity contribution is 0.296. The van der Waals surface area contributed by atoms with Gasteiger partial charge < -0.3 is 32.5 Å². The standard InChI is InChI=1S/C87H68N16O3/c1-2-35-104-69-43-63(57-105-70-39-59(45-96-49-65(88-92-96)53-100-80-27-11-3-19-72(80)73-20-4-12-28-81(73)100)36-60(40-70)46-97-50-66(89-93-97)54-101-82-29-13-5-21-74(82)75-22-6-14-30-83(75)101)38-64(44-69)58-106-71-41-61(47-98-51-67(90-94-98)55-102-84-31-15-7-23-76(84)77-24-8-16-32-85(77)102)37-62(42-71)48-99-52-68(91-95-99)56-103-86-33-17-9-25-78(86)79-26-10-18-34-87(79)103/h1,3-34,36-44,49-52H,35,45-48,53-58H2. The molecule has 0 amide bonds. The van der Waals surface area contributed by atoms with Crippen LogP contribution in [0.5, 0.6) is 17.2 Å². The molecular weight excluding hydrogens is 1320 g/mol. The van der Waals surface area contributed by atoms with E-state index >= 15 is 0 Å². The molecule has 0 radical (unpaired) electrons. The molecule has 19 rings (SSSR count). The van der Waals surface area contributed by atoms with Crippen LogP contribution in [0.15, 0.2) is 274 Å². The Morgan fingerprint density at radius 3 is 0.717 bits per heavy atom. The second kappa shape index (κ2) is 27.2. The van der Waals surface area contributed by atoms with Gasteiger partial charge in [-0.2, -0.15) is 0 Å². The third kappa shape index (κ3) is 12.4. The van der Waals surface area contributed by atoms with E-state index in [0.29, 0.717) is 69.6 Å². The van der Waals surface area contributed by atoms with Gasteiger partial charge in [-0.15, -0.1) is 26.8 Å². The van der Waals surface area contributed by atoms with Gasteiger partial charge in [-0.05, 0) is 124 Å². The minimum absolute atomic E-state index is 0.0812. The van der Waals surface area contributed by atoms with Gasteiger partial charge in [0, 0.05) is 87.2 Å². The van der Waals surface area contributed by atoms with Crippen LogP contribution < -0.4 is 14.2 Å². The highest BCUT2D eigenvalue weighted by molar-refractivity contribution is 6.10. The fourth-order valence-corrected chi connectivity index (χ4v) is 15.5. The summed E-state index contributed by atoms with van der Waals surface area (Å²) >= 11 is 0. The number of aromatic nitrogens is 16. The highest BCUT2D eigenvalue weighted by Crippen LogP contribution is 2.35. The molecule has 0 fully saturated rings. The van der Waals surface area contributed by atoms with Crippen molar-refractivity contribution in [2.75, 3.05) is 6.61 Å². The number of benzene rings is 11. The molecule has 0 bridgehead atoms. The lowest BCUT2D eigenvalue weighted by atomic mass is 10.1. The lowest BCUT2D eigenvalue weighted by Gasteiger charge is -2.15. The fourth-order valence-electron chi connectivity index (χ4n) is 15.5. The number of ether oxygens (including phenoxy) is 3. The number of hydrogen-bond donors (Lipinski definition) is 0. The van der Waals surface area contributed by atoms with E-state index in [1.54, 1.807) is 0 Å². The van der Waals surface area contributed by atoms with Gasteiger partial charge in [0.25, 0.3) is 0 Å². The van der Waals surface area contributed by atoms with Gasteiger partial charge >= 0.3 is 0 Å². The number of rotatable bonds is 24. The van der Waals surface area contributed by atoms with Crippen molar-refractivity contribution in [1.82, 2.24) is 78.2 Å². The van der Waals surface area contributed by atoms with Crippen LogP contribution in [0.1, 0.15) is 56.2 Å². The van der Waals surface area contributed by atoms with Crippen molar-refractivity contribution in [1.29, 1.82) is 0 Å². The first-order valence-corrected chi connectivity index (χ1v) is 35.5. The number of para-hydroxylation sites is 8. The van der Waals surface area contributed by atoms with Crippen LogP contribution in [0.2, 0.25) is 0 Å². The summed E-state index contributed by atoms with van der Waals surface area (Å²) in [4.78, 5) is 0. The fraction of sp³-hybridized carbons (Fsp3) is 0.126. The van der Waals surface area contributed by atoms with Gasteiger partial charge in [0.2, 0.25) is 0 Å². The van der Waals surface area contributed by atoms with Gasteiger partial charge in [0.15, 0.2) is 0 Å². The van der Waals surface area contributed by atoms with E-state index in [-0.39, 0.29) is 19.8 Å². The minimum atomic E-state index is 0.0812. The molecule has 19 aromatic rings. The van der Waals surface area contributed by atoms with Crippen molar-refractivity contribution in [3.8, 4) is 29.6 Å². The first-order chi connectivity index (χ1) is 52.4. The molecular formula is C87H68N16O3. The minimum Gasteiger partial charge on any atom is -0.489 e. The maximum atomic E-state index is 6.86. The van der Waals surface area contributed by atoms with Gasteiger partial charge in [-0.25, -0.2) is 18.7 Å². The van der Waals surface area contributed by atoms with Crippen molar-refractivity contribution in [3.63, 3.8) is 0 Å². The van der Waals surface area contributed by atoms with E-state index in [4.69, 9.17) is 41.0 Å². The Labute approximate surface area is 607 Å². The van der Waals surface area contributed by atoms with Crippen LogP contribution >= 0.6 is 0 Å². The van der Waals surface area contributed by atoms with Crippen molar-refractivity contribution in [2.45, 2.75) is 65.6 Å². The molecule has 8 aromatic heterocycles. The van der Waals surface area contributed by atoms with Crippen LogP contribution in [0.25, 0.3) is 87.2 Å². The number of terminal acetylenes is 1. The Kier molecular flexibility index (Phi) is 16.2. The van der Waals surface area contributed by atoms with Crippen molar-refractivity contribution in [3.05, 3.63) is 330 Å². The SMILES string of the molecule is C#CCOc1cc(COc2cc(Cn3cc(Cn4c5ccccc5c5ccccc54)nn3)cc(Cn3cc(Cn4c5ccccc5c5ccccc54)nn3)c2)cc(COc2cc(Cn3cc(Cn4c5ccccc5c5ccccc54)nn3)cc(Cn3cc(Cn4c5ccccc5c5ccccc54)nn3)c2)c1. The van der Waals surface area contributed by atoms with Gasteiger partial charge in [0.1, 0.15) is 59.8 Å². The van der Waals surface area contributed by atoms with E-state index in [1.807, 2.05) is 55.6 Å². The molecule has 0 saturated heterocycles. The highest BCUT2D eigenvalue weighted by Gasteiger charge is 2.20. The molecule has 19 heteroatoms. The van der Waals surface area contributed by atoms with E-state index in [0.717, 1.165) is 100 Å². The van der Waals surface area contributed by atoms with E-state index < -0.39 is 0 Å². The molecule has 0 atom stereocenters. The molecule has 0 aliphatic rings.